The molecule has 134 valence electrons. The molecular formula is C19H26N4OS. The second kappa shape index (κ2) is 7.30. The smallest absolute Gasteiger partial charge is 0.169 e. The molecule has 2 saturated heterocycles. The molecule has 4 rings (SSSR count). The zero-order chi connectivity index (χ0) is 17.2. The minimum absolute atomic E-state index is 0.317. The Balaban J connectivity index is 1.40. The summed E-state index contributed by atoms with van der Waals surface area (Å²) in [5.41, 5.74) is 3.44. The summed E-state index contributed by atoms with van der Waals surface area (Å²) in [6.07, 6.45) is 4.91. The average Bonchev–Trinajstić information content (AvgIpc) is 3.28. The van der Waals surface area contributed by atoms with Crippen molar-refractivity contribution in [1.82, 2.24) is 20.2 Å². The highest BCUT2D eigenvalue weighted by Crippen LogP contribution is 2.27. The molecule has 2 N–H and O–H groups in total. The van der Waals surface area contributed by atoms with E-state index in [9.17, 15) is 0 Å². The molecule has 1 aromatic carbocycles. The Hall–Kier alpha value is -1.66. The van der Waals surface area contributed by atoms with Crippen molar-refractivity contribution in [3.05, 3.63) is 29.6 Å². The first-order valence-electron chi connectivity index (χ1n) is 9.30. The van der Waals surface area contributed by atoms with Gasteiger partial charge in [-0.05, 0) is 62.5 Å². The molecule has 2 fully saturated rings. The van der Waals surface area contributed by atoms with Crippen LogP contribution in [0, 0.1) is 6.92 Å². The van der Waals surface area contributed by atoms with Crippen molar-refractivity contribution in [2.45, 2.75) is 44.6 Å². The molecule has 2 aliphatic rings. The van der Waals surface area contributed by atoms with Crippen molar-refractivity contribution in [2.24, 2.45) is 0 Å². The van der Waals surface area contributed by atoms with Gasteiger partial charge in [0.05, 0.1) is 17.1 Å². The van der Waals surface area contributed by atoms with Crippen LogP contribution in [0.5, 0.6) is 0 Å². The molecule has 25 heavy (non-hydrogen) atoms. The summed E-state index contributed by atoms with van der Waals surface area (Å²) >= 11 is 5.62. The van der Waals surface area contributed by atoms with Crippen LogP contribution in [0.15, 0.2) is 18.2 Å². The summed E-state index contributed by atoms with van der Waals surface area (Å²) in [5, 5.41) is 4.26. The van der Waals surface area contributed by atoms with Gasteiger partial charge in [-0.3, -0.25) is 0 Å². The van der Waals surface area contributed by atoms with Gasteiger partial charge in [-0.2, -0.15) is 0 Å². The van der Waals surface area contributed by atoms with Crippen LogP contribution in [0.4, 0.5) is 0 Å². The fourth-order valence-corrected chi connectivity index (χ4v) is 4.09. The number of hydrogen-bond acceptors (Lipinski definition) is 3. The van der Waals surface area contributed by atoms with Gasteiger partial charge in [0.2, 0.25) is 0 Å². The number of thiocarbonyl (C=S) groups is 1. The van der Waals surface area contributed by atoms with E-state index < -0.39 is 0 Å². The van der Waals surface area contributed by atoms with Crippen molar-refractivity contribution in [2.75, 3.05) is 26.2 Å². The number of aromatic amines is 1. The number of nitrogens with one attached hydrogen (secondary N) is 2. The molecule has 0 spiro atoms. The maximum atomic E-state index is 5.67. The van der Waals surface area contributed by atoms with Gasteiger partial charge in [0.25, 0.3) is 0 Å². The SMILES string of the molecule is Cc1ccc2nc(C3CCCN(C(=S)NCC4CCCO4)C3)[nH]c2c1. The Morgan fingerprint density at radius 3 is 3.16 bits per heavy atom. The number of H-pyrrole nitrogens is 1. The minimum Gasteiger partial charge on any atom is -0.376 e. The van der Waals surface area contributed by atoms with Gasteiger partial charge in [-0.15, -0.1) is 0 Å². The minimum atomic E-state index is 0.317. The van der Waals surface area contributed by atoms with Crippen LogP contribution in [-0.4, -0.2) is 52.3 Å². The average molecular weight is 359 g/mol. The second-order valence-corrected chi connectivity index (χ2v) is 7.64. The summed E-state index contributed by atoms with van der Waals surface area (Å²) in [5.74, 6) is 1.50. The lowest BCUT2D eigenvalue weighted by atomic mass is 9.98. The number of likely N-dealkylation sites (tertiary alicyclic amines) is 1. The van der Waals surface area contributed by atoms with Gasteiger partial charge in [0.1, 0.15) is 5.82 Å². The monoisotopic (exact) mass is 358 g/mol. The summed E-state index contributed by atoms with van der Waals surface area (Å²) < 4.78 is 5.67. The maximum absolute atomic E-state index is 5.67. The molecule has 0 amide bonds. The maximum Gasteiger partial charge on any atom is 0.169 e. The molecule has 0 bridgehead atoms. The first-order valence-corrected chi connectivity index (χ1v) is 9.70. The van der Waals surface area contributed by atoms with E-state index in [2.05, 4.69) is 40.3 Å². The van der Waals surface area contributed by atoms with E-state index in [0.717, 1.165) is 73.9 Å². The number of ether oxygens (including phenoxy) is 1. The molecular weight excluding hydrogens is 332 g/mol. The van der Waals surface area contributed by atoms with Gasteiger partial charge in [-0.1, -0.05) is 6.07 Å². The van der Waals surface area contributed by atoms with Gasteiger partial charge >= 0.3 is 0 Å². The molecule has 2 atom stereocenters. The molecule has 3 heterocycles. The highest BCUT2D eigenvalue weighted by Gasteiger charge is 2.26. The lowest BCUT2D eigenvalue weighted by Gasteiger charge is -2.34. The largest absolute Gasteiger partial charge is 0.376 e. The molecule has 0 radical (unpaired) electrons. The molecule has 0 saturated carbocycles. The van der Waals surface area contributed by atoms with E-state index in [1.54, 1.807) is 0 Å². The third kappa shape index (κ3) is 3.80. The van der Waals surface area contributed by atoms with Crippen LogP contribution in [0.2, 0.25) is 0 Å². The highest BCUT2D eigenvalue weighted by molar-refractivity contribution is 7.80. The van der Waals surface area contributed by atoms with Gasteiger partial charge < -0.3 is 19.9 Å². The summed E-state index contributed by atoms with van der Waals surface area (Å²) in [6, 6.07) is 6.38. The van der Waals surface area contributed by atoms with Crippen LogP contribution < -0.4 is 5.32 Å². The number of fused-ring (bicyclic) bond motifs is 1. The predicted octanol–water partition coefficient (Wildman–Crippen LogP) is 3.10. The number of aromatic nitrogens is 2. The summed E-state index contributed by atoms with van der Waals surface area (Å²) in [4.78, 5) is 10.6. The Morgan fingerprint density at radius 2 is 2.32 bits per heavy atom. The lowest BCUT2D eigenvalue weighted by molar-refractivity contribution is 0.113. The molecule has 1 aromatic heterocycles. The topological polar surface area (TPSA) is 53.2 Å². The third-order valence-electron chi connectivity index (χ3n) is 5.26. The Morgan fingerprint density at radius 1 is 1.40 bits per heavy atom. The Kier molecular flexibility index (Phi) is 4.90. The van der Waals surface area contributed by atoms with Crippen molar-refractivity contribution < 1.29 is 4.74 Å². The first-order chi connectivity index (χ1) is 12.2. The second-order valence-electron chi connectivity index (χ2n) is 7.25. The van der Waals surface area contributed by atoms with E-state index in [1.165, 1.54) is 5.56 Å². The van der Waals surface area contributed by atoms with E-state index in [-0.39, 0.29) is 0 Å². The normalized spacial score (nSPS) is 24.0. The van der Waals surface area contributed by atoms with E-state index in [1.807, 2.05) is 0 Å². The molecule has 2 aromatic rings. The van der Waals surface area contributed by atoms with E-state index in [4.69, 9.17) is 21.9 Å². The fraction of sp³-hybridized carbons (Fsp3) is 0.579. The highest BCUT2D eigenvalue weighted by atomic mass is 32.1. The van der Waals surface area contributed by atoms with Gasteiger partial charge in [-0.25, -0.2) is 4.98 Å². The third-order valence-corrected chi connectivity index (χ3v) is 5.66. The van der Waals surface area contributed by atoms with Crippen molar-refractivity contribution in [1.29, 1.82) is 0 Å². The standard InChI is InChI=1S/C19H26N4OS/c1-13-6-7-16-17(10-13)22-18(21-16)14-4-2-8-23(12-14)19(25)20-11-15-5-3-9-24-15/h6-7,10,14-15H,2-5,8-9,11-12H2,1H3,(H,20,25)(H,21,22). The quantitative estimate of drug-likeness (QED) is 0.826. The van der Waals surface area contributed by atoms with Gasteiger partial charge in [0, 0.05) is 32.2 Å². The fourth-order valence-electron chi connectivity index (χ4n) is 3.84. The Labute approximate surface area is 154 Å². The van der Waals surface area contributed by atoms with Gasteiger partial charge in [0.15, 0.2) is 5.11 Å². The number of benzene rings is 1. The number of aryl methyl sites for hydroxylation is 1. The van der Waals surface area contributed by atoms with Crippen molar-refractivity contribution in [3.8, 4) is 0 Å². The van der Waals surface area contributed by atoms with Crippen molar-refractivity contribution in [3.63, 3.8) is 0 Å². The molecule has 6 heteroatoms. The summed E-state index contributed by atoms with van der Waals surface area (Å²) in [6.45, 7) is 5.77. The molecule has 5 nitrogen and oxygen atoms in total. The molecule has 0 aliphatic carbocycles. The first kappa shape index (κ1) is 16.8. The van der Waals surface area contributed by atoms with Crippen LogP contribution in [0.1, 0.15) is 43.0 Å². The number of piperidine rings is 1. The molecule has 2 unspecified atom stereocenters. The van der Waals surface area contributed by atoms with E-state index in [0.29, 0.717) is 12.0 Å². The summed E-state index contributed by atoms with van der Waals surface area (Å²) in [7, 11) is 0. The van der Waals surface area contributed by atoms with Crippen LogP contribution in [0.3, 0.4) is 0 Å². The number of nitrogens with zero attached hydrogens (tertiary/aromatic N) is 2. The zero-order valence-electron chi connectivity index (χ0n) is 14.8. The predicted molar refractivity (Wildman–Crippen MR) is 104 cm³/mol. The van der Waals surface area contributed by atoms with Crippen LogP contribution in [-0.2, 0) is 4.74 Å². The van der Waals surface area contributed by atoms with Crippen molar-refractivity contribution >= 4 is 28.4 Å². The van der Waals surface area contributed by atoms with E-state index >= 15 is 0 Å². The zero-order valence-corrected chi connectivity index (χ0v) is 15.6. The van der Waals surface area contributed by atoms with Crippen LogP contribution in [0.25, 0.3) is 11.0 Å². The lowest BCUT2D eigenvalue weighted by Crippen LogP contribution is -2.46. The Bertz CT molecular complexity index is 753. The van der Waals surface area contributed by atoms with Crippen LogP contribution >= 0.6 is 12.2 Å². The number of imidazole rings is 1. The number of hydrogen-bond donors (Lipinski definition) is 2. The molecule has 2 aliphatic heterocycles. The number of rotatable bonds is 3.